The van der Waals surface area contributed by atoms with Gasteiger partial charge in [0.15, 0.2) is 0 Å². The fraction of sp³-hybridized carbons (Fsp3) is 0.167. The quantitative estimate of drug-likeness (QED) is 0.414. The number of ether oxygens (including phenoxy) is 2. The second kappa shape index (κ2) is 10.7. The van der Waals surface area contributed by atoms with Gasteiger partial charge in [0, 0.05) is 11.3 Å². The Balaban J connectivity index is 1.54. The molecule has 0 aliphatic carbocycles. The maximum Gasteiger partial charge on any atom is 0.262 e. The second-order valence-corrected chi connectivity index (χ2v) is 6.64. The molecule has 1 amide bonds. The van der Waals surface area contributed by atoms with Crippen LogP contribution in [0.1, 0.15) is 18.1 Å². The summed E-state index contributed by atoms with van der Waals surface area (Å²) in [6.07, 6.45) is 1.58. The predicted octanol–water partition coefficient (Wildman–Crippen LogP) is 4.22. The summed E-state index contributed by atoms with van der Waals surface area (Å²) in [4.78, 5) is 12.3. The van der Waals surface area contributed by atoms with E-state index >= 15 is 0 Å². The Hall–Kier alpha value is -3.80. The lowest BCUT2D eigenvalue weighted by Gasteiger charge is -2.14. The lowest BCUT2D eigenvalue weighted by atomic mass is 10.2. The number of para-hydroxylation sites is 1. The van der Waals surface area contributed by atoms with Gasteiger partial charge in [-0.15, -0.1) is 0 Å². The Bertz CT molecular complexity index is 973. The molecule has 0 radical (unpaired) electrons. The lowest BCUT2D eigenvalue weighted by Crippen LogP contribution is -2.34. The molecule has 0 fully saturated rings. The van der Waals surface area contributed by atoms with Crippen LogP contribution in [0.2, 0.25) is 0 Å². The highest BCUT2D eigenvalue weighted by Gasteiger charge is 2.11. The van der Waals surface area contributed by atoms with Crippen LogP contribution in [0.3, 0.4) is 0 Å². The first-order valence-electron chi connectivity index (χ1n) is 9.65. The van der Waals surface area contributed by atoms with Crippen molar-refractivity contribution in [3.8, 4) is 11.5 Å². The topological polar surface area (TPSA) is 72.0 Å². The van der Waals surface area contributed by atoms with E-state index in [9.17, 15) is 4.79 Å². The molecule has 0 bridgehead atoms. The summed E-state index contributed by atoms with van der Waals surface area (Å²) >= 11 is 0. The average Bonchev–Trinajstić information content (AvgIpc) is 2.79. The maximum absolute atomic E-state index is 12.3. The minimum absolute atomic E-state index is 0.246. The number of hydrazone groups is 1. The van der Waals surface area contributed by atoms with Crippen molar-refractivity contribution in [1.29, 1.82) is 0 Å². The van der Waals surface area contributed by atoms with Crippen LogP contribution >= 0.6 is 0 Å². The normalized spacial score (nSPS) is 11.7. The van der Waals surface area contributed by atoms with E-state index in [1.54, 1.807) is 20.2 Å². The number of nitrogens with one attached hydrogen (secondary N) is 2. The zero-order valence-electron chi connectivity index (χ0n) is 17.0. The van der Waals surface area contributed by atoms with E-state index < -0.39 is 6.04 Å². The molecule has 0 aromatic heterocycles. The van der Waals surface area contributed by atoms with Gasteiger partial charge in [0.25, 0.3) is 5.91 Å². The van der Waals surface area contributed by atoms with Crippen LogP contribution in [0.15, 0.2) is 84.0 Å². The maximum atomic E-state index is 12.3. The highest BCUT2D eigenvalue weighted by atomic mass is 16.5. The van der Waals surface area contributed by atoms with Crippen LogP contribution in [-0.4, -0.2) is 25.3 Å². The first-order chi connectivity index (χ1) is 14.7. The highest BCUT2D eigenvalue weighted by molar-refractivity contribution is 5.87. The SMILES string of the molecule is COc1ccc(N[C@@H](C)C(=O)N/N=C/c2ccccc2OCc2ccccc2)cc1. The molecule has 6 heteroatoms. The standard InChI is InChI=1S/C24H25N3O3/c1-18(26-21-12-14-22(29-2)15-13-21)24(28)27-25-16-20-10-6-7-11-23(20)30-17-19-8-4-3-5-9-19/h3-16,18,26H,17H2,1-2H3,(H,27,28)/b25-16+/t18-/m0/s1. The molecule has 2 N–H and O–H groups in total. The molecule has 154 valence electrons. The van der Waals surface area contributed by atoms with Gasteiger partial charge in [-0.05, 0) is 48.9 Å². The Morgan fingerprint density at radius 1 is 1.00 bits per heavy atom. The molecule has 0 saturated carbocycles. The van der Waals surface area contributed by atoms with Crippen molar-refractivity contribution in [2.24, 2.45) is 5.10 Å². The summed E-state index contributed by atoms with van der Waals surface area (Å²) < 4.78 is 11.0. The number of amides is 1. The summed E-state index contributed by atoms with van der Waals surface area (Å²) in [7, 11) is 1.61. The highest BCUT2D eigenvalue weighted by Crippen LogP contribution is 2.18. The van der Waals surface area contributed by atoms with E-state index in [0.717, 1.165) is 22.6 Å². The van der Waals surface area contributed by atoms with Gasteiger partial charge in [0.1, 0.15) is 24.1 Å². The first-order valence-corrected chi connectivity index (χ1v) is 9.65. The van der Waals surface area contributed by atoms with Crippen molar-refractivity contribution in [2.45, 2.75) is 19.6 Å². The third kappa shape index (κ3) is 6.10. The van der Waals surface area contributed by atoms with E-state index in [2.05, 4.69) is 15.8 Å². The first kappa shape index (κ1) is 20.9. The molecule has 0 aliphatic heterocycles. The molecule has 0 unspecified atom stereocenters. The number of rotatable bonds is 9. The molecular weight excluding hydrogens is 378 g/mol. The number of anilines is 1. The largest absolute Gasteiger partial charge is 0.497 e. The molecule has 0 heterocycles. The van der Waals surface area contributed by atoms with Gasteiger partial charge in [-0.3, -0.25) is 4.79 Å². The number of nitrogens with zero attached hydrogens (tertiary/aromatic N) is 1. The molecule has 6 nitrogen and oxygen atoms in total. The van der Waals surface area contributed by atoms with Crippen LogP contribution in [0, 0.1) is 0 Å². The zero-order valence-corrected chi connectivity index (χ0v) is 17.0. The fourth-order valence-electron chi connectivity index (χ4n) is 2.72. The van der Waals surface area contributed by atoms with Gasteiger partial charge in [-0.25, -0.2) is 5.43 Å². The van der Waals surface area contributed by atoms with Crippen LogP contribution in [-0.2, 0) is 11.4 Å². The van der Waals surface area contributed by atoms with E-state index in [4.69, 9.17) is 9.47 Å². The van der Waals surface area contributed by atoms with Crippen molar-refractivity contribution in [2.75, 3.05) is 12.4 Å². The van der Waals surface area contributed by atoms with Crippen molar-refractivity contribution >= 4 is 17.8 Å². The number of carbonyl (C=O) groups is 1. The van der Waals surface area contributed by atoms with Gasteiger partial charge in [-0.1, -0.05) is 42.5 Å². The van der Waals surface area contributed by atoms with Gasteiger partial charge in [0.05, 0.1) is 13.3 Å². The van der Waals surface area contributed by atoms with Crippen LogP contribution < -0.4 is 20.2 Å². The number of hydrogen-bond acceptors (Lipinski definition) is 5. The molecule has 3 aromatic carbocycles. The monoisotopic (exact) mass is 403 g/mol. The number of hydrogen-bond donors (Lipinski definition) is 2. The number of methoxy groups -OCH3 is 1. The summed E-state index contributed by atoms with van der Waals surface area (Å²) in [5, 5.41) is 7.21. The lowest BCUT2D eigenvalue weighted by molar-refractivity contribution is -0.121. The van der Waals surface area contributed by atoms with Crippen LogP contribution in [0.25, 0.3) is 0 Å². The minimum atomic E-state index is -0.458. The Labute approximate surface area is 176 Å². The molecule has 3 rings (SSSR count). The van der Waals surface area contributed by atoms with Gasteiger partial charge < -0.3 is 14.8 Å². The summed E-state index contributed by atoms with van der Waals surface area (Å²) in [5.41, 5.74) is 5.25. The van der Waals surface area contributed by atoms with Gasteiger partial charge >= 0.3 is 0 Å². The average molecular weight is 403 g/mol. The van der Waals surface area contributed by atoms with Crippen LogP contribution in [0.4, 0.5) is 5.69 Å². The fourth-order valence-corrected chi connectivity index (χ4v) is 2.72. The third-order valence-electron chi connectivity index (χ3n) is 4.40. The Morgan fingerprint density at radius 2 is 1.70 bits per heavy atom. The summed E-state index contributed by atoms with van der Waals surface area (Å²) in [6, 6.07) is 24.4. The molecule has 3 aromatic rings. The summed E-state index contributed by atoms with van der Waals surface area (Å²) in [5.74, 6) is 1.21. The second-order valence-electron chi connectivity index (χ2n) is 6.64. The molecule has 0 saturated heterocycles. The third-order valence-corrected chi connectivity index (χ3v) is 4.40. The van der Waals surface area contributed by atoms with Gasteiger partial charge in [-0.2, -0.15) is 5.10 Å². The Kier molecular flexibility index (Phi) is 7.44. The van der Waals surface area contributed by atoms with E-state index in [-0.39, 0.29) is 5.91 Å². The summed E-state index contributed by atoms with van der Waals surface area (Å²) in [6.45, 7) is 2.23. The van der Waals surface area contributed by atoms with Crippen molar-refractivity contribution in [3.05, 3.63) is 90.0 Å². The minimum Gasteiger partial charge on any atom is -0.497 e. The Morgan fingerprint density at radius 3 is 2.43 bits per heavy atom. The van der Waals surface area contributed by atoms with E-state index in [0.29, 0.717) is 12.4 Å². The smallest absolute Gasteiger partial charge is 0.262 e. The van der Waals surface area contributed by atoms with E-state index in [1.807, 2.05) is 78.9 Å². The molecule has 0 spiro atoms. The van der Waals surface area contributed by atoms with E-state index in [1.165, 1.54) is 0 Å². The predicted molar refractivity (Wildman–Crippen MR) is 119 cm³/mol. The van der Waals surface area contributed by atoms with Crippen molar-refractivity contribution < 1.29 is 14.3 Å². The molecule has 30 heavy (non-hydrogen) atoms. The molecular formula is C24H25N3O3. The van der Waals surface area contributed by atoms with Crippen LogP contribution in [0.5, 0.6) is 11.5 Å². The zero-order chi connectivity index (χ0) is 21.2. The number of carbonyl (C=O) groups excluding carboxylic acids is 1. The molecule has 0 aliphatic rings. The van der Waals surface area contributed by atoms with Gasteiger partial charge in [0.2, 0.25) is 0 Å². The van der Waals surface area contributed by atoms with Crippen molar-refractivity contribution in [1.82, 2.24) is 5.43 Å². The number of benzene rings is 3. The molecule has 1 atom stereocenters. The van der Waals surface area contributed by atoms with Crippen molar-refractivity contribution in [3.63, 3.8) is 0 Å².